The van der Waals surface area contributed by atoms with Crippen molar-refractivity contribution in [3.63, 3.8) is 0 Å². The van der Waals surface area contributed by atoms with Gasteiger partial charge in [0.15, 0.2) is 0 Å². The van der Waals surface area contributed by atoms with Gasteiger partial charge in [0.25, 0.3) is 5.91 Å². The summed E-state index contributed by atoms with van der Waals surface area (Å²) in [5.74, 6) is -0.443. The number of benzene rings is 2. The third kappa shape index (κ3) is 6.71. The molecule has 2 rings (SSSR count). The van der Waals surface area contributed by atoms with E-state index in [9.17, 15) is 9.59 Å². The van der Waals surface area contributed by atoms with Crippen molar-refractivity contribution in [2.45, 2.75) is 52.2 Å². The van der Waals surface area contributed by atoms with Gasteiger partial charge in [0, 0.05) is 17.7 Å². The average Bonchev–Trinajstić information content (AvgIpc) is 2.66. The molecule has 2 amide bonds. The van der Waals surface area contributed by atoms with Crippen LogP contribution in [-0.4, -0.2) is 32.0 Å². The second-order valence-electron chi connectivity index (χ2n) is 8.89. The molecule has 5 nitrogen and oxygen atoms in total. The summed E-state index contributed by atoms with van der Waals surface area (Å²) in [5.41, 5.74) is 4.06. The maximum Gasteiger partial charge on any atom is 0.251 e. The minimum atomic E-state index is -0.614. The van der Waals surface area contributed by atoms with E-state index in [0.717, 1.165) is 17.7 Å². The van der Waals surface area contributed by atoms with Gasteiger partial charge in [-0.05, 0) is 35.6 Å². The number of rotatable bonds is 7. The molecule has 0 fully saturated rings. The molecule has 29 heavy (non-hydrogen) atoms. The van der Waals surface area contributed by atoms with Crippen LogP contribution in [0.1, 0.15) is 54.7 Å². The van der Waals surface area contributed by atoms with Gasteiger partial charge in [-0.1, -0.05) is 57.2 Å². The molecule has 0 bridgehead atoms. The van der Waals surface area contributed by atoms with E-state index in [-0.39, 0.29) is 17.2 Å². The maximum atomic E-state index is 12.5. The quantitative estimate of drug-likeness (QED) is 0.671. The van der Waals surface area contributed by atoms with Crippen molar-refractivity contribution >= 4 is 11.8 Å². The normalized spacial score (nSPS) is 12.5. The van der Waals surface area contributed by atoms with E-state index in [1.807, 2.05) is 30.3 Å². The number of quaternary nitrogens is 1. The van der Waals surface area contributed by atoms with Gasteiger partial charge >= 0.3 is 0 Å². The van der Waals surface area contributed by atoms with Crippen LogP contribution in [0.2, 0.25) is 0 Å². The molecule has 0 aromatic heterocycles. The molecule has 0 unspecified atom stereocenters. The van der Waals surface area contributed by atoms with E-state index in [4.69, 9.17) is 0 Å². The molecule has 2 aromatic carbocycles. The lowest BCUT2D eigenvalue weighted by Gasteiger charge is -2.19. The van der Waals surface area contributed by atoms with E-state index >= 15 is 0 Å². The molecule has 0 saturated heterocycles. The van der Waals surface area contributed by atoms with Crippen LogP contribution in [-0.2, 0) is 23.3 Å². The smallest absolute Gasteiger partial charge is 0.251 e. The fourth-order valence-electron chi connectivity index (χ4n) is 3.09. The highest BCUT2D eigenvalue weighted by Gasteiger charge is 2.18. The Labute approximate surface area is 174 Å². The van der Waals surface area contributed by atoms with Crippen molar-refractivity contribution in [2.24, 2.45) is 0 Å². The van der Waals surface area contributed by atoms with Crippen LogP contribution in [0.5, 0.6) is 0 Å². The van der Waals surface area contributed by atoms with Gasteiger partial charge in [0.2, 0.25) is 5.91 Å². The molecule has 0 saturated carbocycles. The molecule has 5 heteroatoms. The zero-order valence-corrected chi connectivity index (χ0v) is 18.4. The zero-order valence-electron chi connectivity index (χ0n) is 18.4. The Bertz CT molecular complexity index is 836. The Balaban J connectivity index is 1.93. The summed E-state index contributed by atoms with van der Waals surface area (Å²) < 4.78 is 0. The Morgan fingerprint density at radius 3 is 2.10 bits per heavy atom. The Morgan fingerprint density at radius 2 is 1.55 bits per heavy atom. The van der Waals surface area contributed by atoms with E-state index in [0.29, 0.717) is 12.1 Å². The number of carbonyl (C=O) groups excluding carboxylic acids is 2. The molecular weight excluding hydrogens is 362 g/mol. The van der Waals surface area contributed by atoms with Crippen LogP contribution in [0.15, 0.2) is 48.5 Å². The van der Waals surface area contributed by atoms with Gasteiger partial charge in [-0.25, -0.2) is 0 Å². The van der Waals surface area contributed by atoms with Crippen LogP contribution in [0.4, 0.5) is 0 Å². The van der Waals surface area contributed by atoms with Crippen molar-refractivity contribution in [3.8, 4) is 0 Å². The number of nitrogens with one attached hydrogen (secondary N) is 3. The summed E-state index contributed by atoms with van der Waals surface area (Å²) in [6, 6.07) is 15.0. The van der Waals surface area contributed by atoms with Crippen LogP contribution < -0.4 is 15.5 Å². The third-order valence-corrected chi connectivity index (χ3v) is 4.87. The number of hydrogen-bond donors (Lipinski definition) is 3. The first-order valence-electron chi connectivity index (χ1n) is 10.1. The van der Waals surface area contributed by atoms with Gasteiger partial charge in [0.05, 0.1) is 14.1 Å². The van der Waals surface area contributed by atoms with E-state index in [1.165, 1.54) is 10.5 Å². The lowest BCUT2D eigenvalue weighted by atomic mass is 9.86. The van der Waals surface area contributed by atoms with Gasteiger partial charge in [-0.2, -0.15) is 0 Å². The predicted octanol–water partition coefficient (Wildman–Crippen LogP) is 2.06. The highest BCUT2D eigenvalue weighted by Crippen LogP contribution is 2.22. The van der Waals surface area contributed by atoms with E-state index in [2.05, 4.69) is 51.6 Å². The van der Waals surface area contributed by atoms with Gasteiger partial charge < -0.3 is 15.5 Å². The fraction of sp³-hybridized carbons (Fsp3) is 0.417. The molecule has 0 radical (unpaired) electrons. The molecule has 1 atom stereocenters. The summed E-state index contributed by atoms with van der Waals surface area (Å²) >= 11 is 0. The van der Waals surface area contributed by atoms with Crippen molar-refractivity contribution in [1.29, 1.82) is 0 Å². The van der Waals surface area contributed by atoms with Crippen molar-refractivity contribution in [2.75, 3.05) is 14.1 Å². The van der Waals surface area contributed by atoms with E-state index < -0.39 is 6.04 Å². The second kappa shape index (κ2) is 9.70. The van der Waals surface area contributed by atoms with Gasteiger partial charge in [-0.3, -0.25) is 9.59 Å². The van der Waals surface area contributed by atoms with Crippen molar-refractivity contribution in [3.05, 3.63) is 70.8 Å². The molecule has 3 N–H and O–H groups in total. The lowest BCUT2D eigenvalue weighted by molar-refractivity contribution is -0.872. The van der Waals surface area contributed by atoms with Crippen molar-refractivity contribution < 1.29 is 14.5 Å². The molecule has 0 spiro atoms. The van der Waals surface area contributed by atoms with Crippen LogP contribution in [0.3, 0.4) is 0 Å². The summed E-state index contributed by atoms with van der Waals surface area (Å²) in [7, 11) is 4.20. The van der Waals surface area contributed by atoms with Crippen LogP contribution in [0.25, 0.3) is 0 Å². The molecule has 0 heterocycles. The number of hydrogen-bond acceptors (Lipinski definition) is 2. The molecule has 156 valence electrons. The first-order valence-corrected chi connectivity index (χ1v) is 10.1. The third-order valence-electron chi connectivity index (χ3n) is 4.87. The van der Waals surface area contributed by atoms with Crippen LogP contribution >= 0.6 is 0 Å². The Morgan fingerprint density at radius 1 is 0.966 bits per heavy atom. The summed E-state index contributed by atoms with van der Waals surface area (Å²) in [6.07, 6.45) is 0. The zero-order chi connectivity index (χ0) is 21.6. The Kier molecular flexibility index (Phi) is 7.57. The first-order chi connectivity index (χ1) is 13.6. The maximum absolute atomic E-state index is 12.5. The highest BCUT2D eigenvalue weighted by molar-refractivity contribution is 5.97. The fourth-order valence-corrected chi connectivity index (χ4v) is 3.09. The predicted molar refractivity (Wildman–Crippen MR) is 117 cm³/mol. The second-order valence-corrected chi connectivity index (χ2v) is 8.89. The molecular formula is C24H34N3O2+. The summed E-state index contributed by atoms with van der Waals surface area (Å²) in [4.78, 5) is 26.3. The van der Waals surface area contributed by atoms with Gasteiger partial charge in [0.1, 0.15) is 12.6 Å². The first kappa shape index (κ1) is 22.6. The van der Waals surface area contributed by atoms with Crippen molar-refractivity contribution in [1.82, 2.24) is 10.6 Å². The number of amides is 2. The summed E-state index contributed by atoms with van der Waals surface area (Å²) in [6.45, 7) is 9.43. The number of carbonyl (C=O) groups is 2. The molecule has 0 aliphatic carbocycles. The summed E-state index contributed by atoms with van der Waals surface area (Å²) in [5, 5.41) is 5.72. The minimum absolute atomic E-state index is 0.0343. The molecule has 2 aromatic rings. The largest absolute Gasteiger partial charge is 0.350 e. The van der Waals surface area contributed by atoms with Gasteiger partial charge in [-0.15, -0.1) is 0 Å². The average molecular weight is 397 g/mol. The van der Waals surface area contributed by atoms with E-state index in [1.54, 1.807) is 19.1 Å². The topological polar surface area (TPSA) is 62.6 Å². The van der Waals surface area contributed by atoms with Crippen LogP contribution in [0, 0.1) is 0 Å². The SMILES string of the molecule is C[C@H](NC(=O)c1ccc(C(C)(C)C)cc1)C(=O)NCc1ccccc1C[NH+](C)C. The molecule has 0 aliphatic heterocycles. The highest BCUT2D eigenvalue weighted by atomic mass is 16.2. The lowest BCUT2D eigenvalue weighted by Crippen LogP contribution is -3.04. The monoisotopic (exact) mass is 396 g/mol. The Hall–Kier alpha value is -2.66. The minimum Gasteiger partial charge on any atom is -0.350 e. The standard InChI is InChI=1S/C24H33N3O2/c1-17(26-23(29)18-11-13-21(14-12-18)24(2,3)4)22(28)25-15-19-9-7-8-10-20(19)16-27(5)6/h7-14,17H,15-16H2,1-6H3,(H,25,28)(H,26,29)/p+1/t17-/m0/s1. The molecule has 0 aliphatic rings.